The van der Waals surface area contributed by atoms with E-state index >= 15 is 0 Å². The number of carbonyl (C=O) groups excluding carboxylic acids is 1. The van der Waals surface area contributed by atoms with E-state index in [1.807, 2.05) is 6.92 Å². The lowest BCUT2D eigenvalue weighted by Gasteiger charge is -2.36. The molecule has 28 heavy (non-hydrogen) atoms. The van der Waals surface area contributed by atoms with Crippen LogP contribution in [0.1, 0.15) is 34.6 Å². The molecule has 0 unspecified atom stereocenters. The van der Waals surface area contributed by atoms with Crippen LogP contribution in [-0.4, -0.2) is 46.1 Å². The molecule has 1 amide bonds. The molecule has 0 saturated carbocycles. The first kappa shape index (κ1) is 22.5. The molecular weight excluding hydrogens is 409 g/mol. The summed E-state index contributed by atoms with van der Waals surface area (Å²) >= 11 is 5.73. The van der Waals surface area contributed by atoms with E-state index in [2.05, 4.69) is 15.3 Å². The Labute approximate surface area is 173 Å². The van der Waals surface area contributed by atoms with E-state index in [4.69, 9.17) is 11.6 Å². The van der Waals surface area contributed by atoms with Crippen LogP contribution in [0, 0.1) is 12.7 Å². The van der Waals surface area contributed by atoms with Gasteiger partial charge in [-0.3, -0.25) is 14.8 Å². The minimum atomic E-state index is -1.38. The lowest BCUT2D eigenvalue weighted by Crippen LogP contribution is -2.48. The number of piperidine rings is 1. The minimum absolute atomic E-state index is 0. The lowest BCUT2D eigenvalue weighted by molar-refractivity contribution is 0.0434. The average Bonchev–Trinajstić information content (AvgIpc) is 2.66. The monoisotopic (exact) mass is 430 g/mol. The Bertz CT molecular complexity index is 812. The van der Waals surface area contributed by atoms with Crippen LogP contribution in [-0.2, 0) is 6.54 Å². The molecule has 1 N–H and O–H groups in total. The third-order valence-electron chi connectivity index (χ3n) is 4.70. The minimum Gasteiger partial charge on any atom is -0.338 e. The number of carbonyl (C=O) groups is 1. The van der Waals surface area contributed by atoms with Gasteiger partial charge in [0.15, 0.2) is 0 Å². The van der Waals surface area contributed by atoms with E-state index in [0.717, 1.165) is 17.5 Å². The number of rotatable bonds is 5. The highest BCUT2D eigenvalue weighted by molar-refractivity contribution is 6.31. The third kappa shape index (κ3) is 5.59. The maximum atomic E-state index is 15.0. The van der Waals surface area contributed by atoms with Gasteiger partial charge in [-0.25, -0.2) is 8.78 Å². The molecule has 1 saturated heterocycles. The molecular formula is C19H22Cl2F2N4O. The molecule has 1 aliphatic heterocycles. The molecule has 152 valence electrons. The molecule has 1 fully saturated rings. The van der Waals surface area contributed by atoms with E-state index < -0.39 is 11.5 Å². The molecule has 0 radical (unpaired) electrons. The van der Waals surface area contributed by atoms with Crippen molar-refractivity contribution in [1.82, 2.24) is 20.2 Å². The van der Waals surface area contributed by atoms with Crippen molar-refractivity contribution in [3.8, 4) is 0 Å². The summed E-state index contributed by atoms with van der Waals surface area (Å²) < 4.78 is 28.2. The van der Waals surface area contributed by atoms with Crippen LogP contribution in [0.15, 0.2) is 30.6 Å². The normalized spacial score (nSPS) is 15.8. The highest BCUT2D eigenvalue weighted by atomic mass is 35.5. The van der Waals surface area contributed by atoms with Gasteiger partial charge in [0.2, 0.25) is 0 Å². The van der Waals surface area contributed by atoms with E-state index in [1.165, 1.54) is 12.1 Å². The molecule has 0 atom stereocenters. The second kappa shape index (κ2) is 9.58. The van der Waals surface area contributed by atoms with Crippen LogP contribution >= 0.6 is 24.0 Å². The van der Waals surface area contributed by atoms with Crippen molar-refractivity contribution >= 4 is 29.9 Å². The van der Waals surface area contributed by atoms with Crippen molar-refractivity contribution in [2.75, 3.05) is 19.6 Å². The summed E-state index contributed by atoms with van der Waals surface area (Å²) in [5.74, 6) is -0.833. The van der Waals surface area contributed by atoms with Gasteiger partial charge in [0.25, 0.3) is 5.91 Å². The molecule has 0 aliphatic carbocycles. The Kier molecular flexibility index (Phi) is 7.69. The maximum Gasteiger partial charge on any atom is 0.253 e. The summed E-state index contributed by atoms with van der Waals surface area (Å²) in [5.41, 5.74) is 0.518. The van der Waals surface area contributed by atoms with Crippen molar-refractivity contribution in [3.63, 3.8) is 0 Å². The van der Waals surface area contributed by atoms with Crippen molar-refractivity contribution in [2.45, 2.75) is 32.0 Å². The summed E-state index contributed by atoms with van der Waals surface area (Å²) in [6, 6.07) is 3.86. The molecule has 2 aromatic rings. The fraction of sp³-hybridized carbons (Fsp3) is 0.421. The lowest BCUT2D eigenvalue weighted by atomic mass is 9.92. The van der Waals surface area contributed by atoms with E-state index in [0.29, 0.717) is 25.2 Å². The third-order valence-corrected chi connectivity index (χ3v) is 4.99. The highest BCUT2D eigenvalue weighted by Crippen LogP contribution is 2.27. The molecule has 9 heteroatoms. The number of hydrogen-bond donors (Lipinski definition) is 1. The number of amides is 1. The molecule has 3 rings (SSSR count). The van der Waals surface area contributed by atoms with Crippen LogP contribution in [0.25, 0.3) is 0 Å². The van der Waals surface area contributed by atoms with Gasteiger partial charge in [0.05, 0.1) is 16.4 Å². The van der Waals surface area contributed by atoms with Gasteiger partial charge in [0.1, 0.15) is 11.5 Å². The summed E-state index contributed by atoms with van der Waals surface area (Å²) in [6.07, 6.45) is 3.82. The second-order valence-electron chi connectivity index (χ2n) is 6.82. The average molecular weight is 431 g/mol. The van der Waals surface area contributed by atoms with Crippen molar-refractivity contribution < 1.29 is 13.6 Å². The Balaban J connectivity index is 0.00000280. The topological polar surface area (TPSA) is 58.1 Å². The predicted molar refractivity (Wildman–Crippen MR) is 106 cm³/mol. The number of aromatic nitrogens is 2. The number of likely N-dealkylation sites (tertiary alicyclic amines) is 1. The first-order valence-electron chi connectivity index (χ1n) is 8.78. The van der Waals surface area contributed by atoms with E-state index in [1.54, 1.807) is 17.3 Å². The van der Waals surface area contributed by atoms with Crippen LogP contribution in [0.5, 0.6) is 0 Å². The fourth-order valence-corrected chi connectivity index (χ4v) is 3.20. The quantitative estimate of drug-likeness (QED) is 0.784. The molecule has 0 spiro atoms. The molecule has 1 aromatic heterocycles. The van der Waals surface area contributed by atoms with Crippen molar-refractivity contribution in [2.24, 2.45) is 0 Å². The van der Waals surface area contributed by atoms with Gasteiger partial charge in [-0.05, 0) is 25.1 Å². The number of nitrogens with one attached hydrogen (secondary N) is 1. The zero-order chi connectivity index (χ0) is 19.4. The first-order chi connectivity index (χ1) is 12.9. The largest absolute Gasteiger partial charge is 0.338 e. The number of alkyl halides is 1. The Morgan fingerprint density at radius 2 is 2.00 bits per heavy atom. The van der Waals surface area contributed by atoms with E-state index in [9.17, 15) is 13.6 Å². The molecule has 1 aromatic carbocycles. The maximum absolute atomic E-state index is 15.0. The van der Waals surface area contributed by atoms with Gasteiger partial charge in [-0.1, -0.05) is 11.6 Å². The van der Waals surface area contributed by atoms with Crippen molar-refractivity contribution in [3.05, 3.63) is 58.4 Å². The summed E-state index contributed by atoms with van der Waals surface area (Å²) in [7, 11) is 0. The molecule has 0 bridgehead atoms. The molecule has 5 nitrogen and oxygen atoms in total. The first-order valence-corrected chi connectivity index (χ1v) is 9.16. The number of halogens is 4. The van der Waals surface area contributed by atoms with Gasteiger partial charge in [-0.15, -0.1) is 12.4 Å². The molecule has 2 heterocycles. The standard InChI is InChI=1S/C19H21ClF2N4O.ClH/c1-13-9-25-15(11-24-13)10-23-12-19(22)4-6-26(7-5-19)18(27)14-2-3-17(21)16(20)8-14;/h2-3,8-9,11,23H,4-7,10,12H2,1H3;1H. The highest BCUT2D eigenvalue weighted by Gasteiger charge is 2.35. The van der Waals surface area contributed by atoms with Gasteiger partial charge < -0.3 is 10.2 Å². The SMILES string of the molecule is Cc1cnc(CNCC2(F)CCN(C(=O)c3ccc(F)c(Cl)c3)CC2)cn1.Cl. The van der Waals surface area contributed by atoms with Crippen LogP contribution in [0.4, 0.5) is 8.78 Å². The van der Waals surface area contributed by atoms with Crippen LogP contribution < -0.4 is 5.32 Å². The zero-order valence-corrected chi connectivity index (χ0v) is 17.0. The Morgan fingerprint density at radius 3 is 2.61 bits per heavy atom. The fourth-order valence-electron chi connectivity index (χ4n) is 3.02. The Hall–Kier alpha value is -1.83. The number of aryl methyl sites for hydroxylation is 1. The zero-order valence-electron chi connectivity index (χ0n) is 15.4. The van der Waals surface area contributed by atoms with Gasteiger partial charge in [-0.2, -0.15) is 0 Å². The number of benzene rings is 1. The smallest absolute Gasteiger partial charge is 0.253 e. The predicted octanol–water partition coefficient (Wildman–Crippen LogP) is 3.73. The van der Waals surface area contributed by atoms with Gasteiger partial charge >= 0.3 is 0 Å². The summed E-state index contributed by atoms with van der Waals surface area (Å²) in [4.78, 5) is 22.5. The van der Waals surface area contributed by atoms with Gasteiger partial charge in [0, 0.05) is 57.0 Å². The number of hydrogen-bond acceptors (Lipinski definition) is 4. The van der Waals surface area contributed by atoms with E-state index in [-0.39, 0.29) is 42.7 Å². The summed E-state index contributed by atoms with van der Waals surface area (Å²) in [5, 5.41) is 2.98. The summed E-state index contributed by atoms with van der Waals surface area (Å²) in [6.45, 7) is 3.09. The van der Waals surface area contributed by atoms with Crippen LogP contribution in [0.3, 0.4) is 0 Å². The van der Waals surface area contributed by atoms with Crippen molar-refractivity contribution in [1.29, 1.82) is 0 Å². The Morgan fingerprint density at radius 1 is 1.29 bits per heavy atom. The van der Waals surface area contributed by atoms with Crippen LogP contribution in [0.2, 0.25) is 5.02 Å². The second-order valence-corrected chi connectivity index (χ2v) is 7.23. The number of nitrogens with zero attached hydrogens (tertiary/aromatic N) is 3. The molecule has 1 aliphatic rings.